The Balaban J connectivity index is 2.18. The zero-order chi connectivity index (χ0) is 14.3. The lowest BCUT2D eigenvalue weighted by molar-refractivity contribution is -0.138. The average molecular weight is 273 g/mol. The van der Waals surface area contributed by atoms with Gasteiger partial charge in [-0.15, -0.1) is 0 Å². The van der Waals surface area contributed by atoms with Crippen molar-refractivity contribution in [1.29, 1.82) is 0 Å². The molecule has 2 aromatic heterocycles. The van der Waals surface area contributed by atoms with Gasteiger partial charge in [0.15, 0.2) is 0 Å². The van der Waals surface area contributed by atoms with Gasteiger partial charge in [-0.05, 0) is 42.5 Å². The number of nitrogens with two attached hydrogens (primary N) is 2. The predicted octanol–water partition coefficient (Wildman–Crippen LogP) is 1.23. The lowest BCUT2D eigenvalue weighted by Crippen LogP contribution is -2.33. The maximum atomic E-state index is 11.0. The number of carbonyl (C=O) groups is 1. The van der Waals surface area contributed by atoms with Gasteiger partial charge in [-0.2, -0.15) is 0 Å². The maximum absolute atomic E-state index is 11.0. The van der Waals surface area contributed by atoms with E-state index in [-0.39, 0.29) is 6.04 Å². The SMILES string of the molecule is N[C@@H](Cc1c2c(n3ccccc13)CCC[C@@H]2N)C(=O)O. The number of aryl methyl sites for hydroxylation is 1. The Morgan fingerprint density at radius 1 is 1.50 bits per heavy atom. The summed E-state index contributed by atoms with van der Waals surface area (Å²) in [6, 6.07) is 5.04. The van der Waals surface area contributed by atoms with Gasteiger partial charge in [0.25, 0.3) is 0 Å². The molecule has 5 nitrogen and oxygen atoms in total. The van der Waals surface area contributed by atoms with Crippen molar-refractivity contribution in [3.8, 4) is 0 Å². The third kappa shape index (κ3) is 1.99. The fourth-order valence-corrected chi connectivity index (χ4v) is 3.21. The van der Waals surface area contributed by atoms with E-state index in [9.17, 15) is 4.79 Å². The van der Waals surface area contributed by atoms with E-state index in [1.165, 1.54) is 5.69 Å². The molecule has 106 valence electrons. The third-order valence-corrected chi connectivity index (χ3v) is 4.14. The molecule has 0 fully saturated rings. The minimum Gasteiger partial charge on any atom is -0.480 e. The molecule has 1 aliphatic carbocycles. The first-order chi connectivity index (χ1) is 9.59. The first-order valence-corrected chi connectivity index (χ1v) is 6.94. The van der Waals surface area contributed by atoms with Crippen LogP contribution in [0.2, 0.25) is 0 Å². The Hall–Kier alpha value is -1.85. The van der Waals surface area contributed by atoms with E-state index in [0.717, 1.165) is 35.9 Å². The number of fused-ring (bicyclic) bond motifs is 3. The van der Waals surface area contributed by atoms with Crippen LogP contribution in [0.5, 0.6) is 0 Å². The fraction of sp³-hybridized carbons (Fsp3) is 0.400. The molecule has 5 N–H and O–H groups in total. The molecule has 0 bridgehead atoms. The van der Waals surface area contributed by atoms with Crippen LogP contribution in [0.3, 0.4) is 0 Å². The molecule has 2 heterocycles. The Kier molecular flexibility index (Phi) is 3.23. The van der Waals surface area contributed by atoms with Crippen molar-refractivity contribution in [2.24, 2.45) is 11.5 Å². The molecule has 0 saturated carbocycles. The molecule has 5 heteroatoms. The van der Waals surface area contributed by atoms with Crippen LogP contribution in [0, 0.1) is 0 Å². The lowest BCUT2D eigenvalue weighted by atomic mass is 9.88. The van der Waals surface area contributed by atoms with Gasteiger partial charge in [-0.3, -0.25) is 4.79 Å². The van der Waals surface area contributed by atoms with Crippen molar-refractivity contribution in [3.63, 3.8) is 0 Å². The second-order valence-corrected chi connectivity index (χ2v) is 5.44. The second-order valence-electron chi connectivity index (χ2n) is 5.44. The molecule has 0 aromatic carbocycles. The minimum atomic E-state index is -0.974. The summed E-state index contributed by atoms with van der Waals surface area (Å²) in [4.78, 5) is 11.0. The molecule has 1 aliphatic rings. The quantitative estimate of drug-likeness (QED) is 0.784. The topological polar surface area (TPSA) is 93.8 Å². The Morgan fingerprint density at radius 2 is 2.30 bits per heavy atom. The monoisotopic (exact) mass is 273 g/mol. The molecule has 0 amide bonds. The summed E-state index contributed by atoms with van der Waals surface area (Å²) in [6.45, 7) is 0. The highest BCUT2D eigenvalue weighted by Crippen LogP contribution is 2.35. The van der Waals surface area contributed by atoms with Gasteiger partial charge in [0.05, 0.1) is 0 Å². The number of carboxylic acid groups (broad SMARTS) is 1. The normalized spacial score (nSPS) is 19.8. The van der Waals surface area contributed by atoms with Crippen LogP contribution < -0.4 is 11.5 Å². The van der Waals surface area contributed by atoms with Crippen molar-refractivity contribution in [2.45, 2.75) is 37.8 Å². The molecule has 2 aromatic rings. The zero-order valence-corrected chi connectivity index (χ0v) is 11.2. The predicted molar refractivity (Wildman–Crippen MR) is 76.6 cm³/mol. The molecule has 2 atom stereocenters. The highest BCUT2D eigenvalue weighted by atomic mass is 16.4. The Bertz CT molecular complexity index is 662. The van der Waals surface area contributed by atoms with Crippen LogP contribution in [0.1, 0.15) is 35.7 Å². The molecule has 0 unspecified atom stereocenters. The van der Waals surface area contributed by atoms with Crippen LogP contribution >= 0.6 is 0 Å². The van der Waals surface area contributed by atoms with Gasteiger partial charge in [0, 0.05) is 29.9 Å². The largest absolute Gasteiger partial charge is 0.480 e. The van der Waals surface area contributed by atoms with Gasteiger partial charge < -0.3 is 21.0 Å². The van der Waals surface area contributed by atoms with E-state index in [2.05, 4.69) is 4.40 Å². The molecule has 0 spiro atoms. The smallest absolute Gasteiger partial charge is 0.320 e. The highest BCUT2D eigenvalue weighted by Gasteiger charge is 2.27. The first-order valence-electron chi connectivity index (χ1n) is 6.94. The third-order valence-electron chi connectivity index (χ3n) is 4.14. The van der Waals surface area contributed by atoms with E-state index in [0.29, 0.717) is 6.42 Å². The molecule has 3 rings (SSSR count). The number of nitrogens with zero attached hydrogens (tertiary/aromatic N) is 1. The average Bonchev–Trinajstić information content (AvgIpc) is 2.75. The molecule has 0 saturated heterocycles. The number of aromatic nitrogens is 1. The molecule has 20 heavy (non-hydrogen) atoms. The van der Waals surface area contributed by atoms with Crippen molar-refractivity contribution in [1.82, 2.24) is 4.40 Å². The van der Waals surface area contributed by atoms with E-state index in [1.54, 1.807) is 0 Å². The molecule has 0 radical (unpaired) electrons. The summed E-state index contributed by atoms with van der Waals surface area (Å²) < 4.78 is 2.14. The van der Waals surface area contributed by atoms with E-state index in [4.69, 9.17) is 16.6 Å². The number of hydrogen-bond acceptors (Lipinski definition) is 3. The van der Waals surface area contributed by atoms with Gasteiger partial charge >= 0.3 is 5.97 Å². The summed E-state index contributed by atoms with van der Waals surface area (Å²) >= 11 is 0. The van der Waals surface area contributed by atoms with Crippen molar-refractivity contribution in [3.05, 3.63) is 41.2 Å². The van der Waals surface area contributed by atoms with E-state index < -0.39 is 12.0 Å². The van der Waals surface area contributed by atoms with Gasteiger partial charge in [0.2, 0.25) is 0 Å². The second kappa shape index (κ2) is 4.92. The van der Waals surface area contributed by atoms with Crippen LogP contribution in [0.15, 0.2) is 24.4 Å². The van der Waals surface area contributed by atoms with Gasteiger partial charge in [-0.1, -0.05) is 6.07 Å². The Morgan fingerprint density at radius 3 is 3.05 bits per heavy atom. The summed E-state index contributed by atoms with van der Waals surface area (Å²) in [7, 11) is 0. The van der Waals surface area contributed by atoms with Crippen LogP contribution in [-0.4, -0.2) is 21.5 Å². The number of pyridine rings is 1. The van der Waals surface area contributed by atoms with Gasteiger partial charge in [0.1, 0.15) is 6.04 Å². The first kappa shape index (κ1) is 13.1. The van der Waals surface area contributed by atoms with Crippen LogP contribution in [-0.2, 0) is 17.6 Å². The fourth-order valence-electron chi connectivity index (χ4n) is 3.21. The number of rotatable bonds is 3. The minimum absolute atomic E-state index is 0.0188. The lowest BCUT2D eigenvalue weighted by Gasteiger charge is -2.21. The summed E-state index contributed by atoms with van der Waals surface area (Å²) in [6.07, 6.45) is 5.34. The van der Waals surface area contributed by atoms with Crippen molar-refractivity contribution >= 4 is 11.5 Å². The van der Waals surface area contributed by atoms with Crippen molar-refractivity contribution in [2.75, 3.05) is 0 Å². The van der Waals surface area contributed by atoms with E-state index in [1.807, 2.05) is 24.4 Å². The molecular formula is C15H19N3O2. The summed E-state index contributed by atoms with van der Waals surface area (Å²) in [5, 5.41) is 9.06. The highest BCUT2D eigenvalue weighted by molar-refractivity contribution is 5.75. The number of aliphatic carboxylic acids is 1. The summed E-state index contributed by atoms with van der Waals surface area (Å²) in [5.74, 6) is -0.974. The van der Waals surface area contributed by atoms with E-state index >= 15 is 0 Å². The van der Waals surface area contributed by atoms with Gasteiger partial charge in [-0.25, -0.2) is 0 Å². The zero-order valence-electron chi connectivity index (χ0n) is 11.2. The Labute approximate surface area is 117 Å². The summed E-state index contributed by atoms with van der Waals surface area (Å²) in [5.41, 5.74) is 16.4. The molecule has 0 aliphatic heterocycles. The molecular weight excluding hydrogens is 254 g/mol. The maximum Gasteiger partial charge on any atom is 0.320 e. The van der Waals surface area contributed by atoms with Crippen LogP contribution in [0.4, 0.5) is 0 Å². The van der Waals surface area contributed by atoms with Crippen LogP contribution in [0.25, 0.3) is 5.52 Å². The number of carboxylic acids is 1. The van der Waals surface area contributed by atoms with Crippen molar-refractivity contribution < 1.29 is 9.90 Å². The number of hydrogen-bond donors (Lipinski definition) is 3. The standard InChI is InChI=1S/C15H19N3O2/c16-10-4-3-6-13-14(10)9(8-11(17)15(19)20)12-5-1-2-7-18(12)13/h1-2,5,7,10-11H,3-4,6,8,16-17H2,(H,19,20)/t10-,11-/m0/s1.